The topological polar surface area (TPSA) is 75.6 Å². The number of rotatable bonds is 13. The molecule has 1 amide bonds. The predicted molar refractivity (Wildman–Crippen MR) is 150 cm³/mol. The molecule has 3 unspecified atom stereocenters. The first kappa shape index (κ1) is 29.3. The lowest BCUT2D eigenvalue weighted by Gasteiger charge is -2.26. The molecule has 0 aromatic heterocycles. The first-order valence-corrected chi connectivity index (χ1v) is 14.3. The van der Waals surface area contributed by atoms with E-state index in [9.17, 15) is 14.7 Å². The predicted octanol–water partition coefficient (Wildman–Crippen LogP) is 7.54. The van der Waals surface area contributed by atoms with Gasteiger partial charge in [-0.1, -0.05) is 47.1 Å². The number of ether oxygens (including phenoxy) is 1. The average molecular weight is 530 g/mol. The van der Waals surface area contributed by atoms with Gasteiger partial charge in [0.05, 0.1) is 17.6 Å². The Morgan fingerprint density at radius 2 is 1.95 bits per heavy atom. The summed E-state index contributed by atoms with van der Waals surface area (Å²) >= 11 is 6.35. The Hall–Kier alpha value is -2.27. The Balaban J connectivity index is 1.58. The van der Waals surface area contributed by atoms with E-state index in [-0.39, 0.29) is 60.3 Å². The van der Waals surface area contributed by atoms with E-state index in [0.717, 1.165) is 56.9 Å². The normalized spacial score (nSPS) is 23.5. The molecule has 4 atom stereocenters. The SMILES string of the molecule is C=CC(C/C=C(\C)C[C@H](CC(=O)OC1CCC2=C(CCC2)C1)NC(=O)CCC(=C)O)C1=CC(Cl)CCC1. The summed E-state index contributed by atoms with van der Waals surface area (Å²) in [5.74, 6) is -0.247. The van der Waals surface area contributed by atoms with Crippen molar-refractivity contribution in [1.82, 2.24) is 5.32 Å². The second-order valence-electron chi connectivity index (χ2n) is 10.9. The number of hydrogen-bond acceptors (Lipinski definition) is 4. The molecule has 0 fully saturated rings. The van der Waals surface area contributed by atoms with Gasteiger partial charge in [-0.3, -0.25) is 9.59 Å². The van der Waals surface area contributed by atoms with Crippen LogP contribution in [0.5, 0.6) is 0 Å². The molecule has 2 N–H and O–H groups in total. The van der Waals surface area contributed by atoms with Crippen LogP contribution >= 0.6 is 11.6 Å². The van der Waals surface area contributed by atoms with Gasteiger partial charge in [-0.15, -0.1) is 18.2 Å². The summed E-state index contributed by atoms with van der Waals surface area (Å²) in [6.07, 6.45) is 17.6. The summed E-state index contributed by atoms with van der Waals surface area (Å²) in [5, 5.41) is 12.4. The van der Waals surface area contributed by atoms with Crippen LogP contribution in [-0.4, -0.2) is 34.5 Å². The zero-order valence-electron chi connectivity index (χ0n) is 22.4. The van der Waals surface area contributed by atoms with E-state index in [2.05, 4.69) is 30.6 Å². The molecular weight excluding hydrogens is 486 g/mol. The number of nitrogens with one attached hydrogen (secondary N) is 1. The molecular formula is C31H44ClNO4. The molecule has 0 spiro atoms. The van der Waals surface area contributed by atoms with Crippen molar-refractivity contribution >= 4 is 23.5 Å². The molecule has 0 saturated heterocycles. The minimum atomic E-state index is -0.364. The highest BCUT2D eigenvalue weighted by Crippen LogP contribution is 2.38. The van der Waals surface area contributed by atoms with E-state index in [1.165, 1.54) is 24.0 Å². The number of alkyl halides is 1. The van der Waals surface area contributed by atoms with Gasteiger partial charge in [0.2, 0.25) is 5.91 Å². The van der Waals surface area contributed by atoms with E-state index in [0.29, 0.717) is 6.42 Å². The third-order valence-electron chi connectivity index (χ3n) is 7.81. The highest BCUT2D eigenvalue weighted by atomic mass is 35.5. The van der Waals surface area contributed by atoms with Gasteiger partial charge >= 0.3 is 5.97 Å². The Labute approximate surface area is 227 Å². The maximum atomic E-state index is 12.9. The molecule has 6 heteroatoms. The fourth-order valence-electron chi connectivity index (χ4n) is 5.80. The molecule has 5 nitrogen and oxygen atoms in total. The van der Waals surface area contributed by atoms with Crippen LogP contribution in [0.25, 0.3) is 0 Å². The van der Waals surface area contributed by atoms with Crippen molar-refractivity contribution in [3.05, 3.63) is 59.4 Å². The first-order valence-electron chi connectivity index (χ1n) is 13.9. The number of hydrogen-bond donors (Lipinski definition) is 2. The number of esters is 1. The number of amides is 1. The number of allylic oxidation sites excluding steroid dienone is 6. The van der Waals surface area contributed by atoms with Crippen molar-refractivity contribution in [1.29, 1.82) is 0 Å². The lowest BCUT2D eigenvalue weighted by Crippen LogP contribution is -2.37. The molecule has 0 radical (unpaired) electrons. The third kappa shape index (κ3) is 9.85. The van der Waals surface area contributed by atoms with E-state index < -0.39 is 0 Å². The Morgan fingerprint density at radius 1 is 1.16 bits per heavy atom. The third-order valence-corrected chi connectivity index (χ3v) is 8.15. The van der Waals surface area contributed by atoms with Crippen LogP contribution in [-0.2, 0) is 14.3 Å². The highest BCUT2D eigenvalue weighted by Gasteiger charge is 2.27. The van der Waals surface area contributed by atoms with E-state index in [1.807, 2.05) is 13.0 Å². The maximum absolute atomic E-state index is 12.9. The lowest BCUT2D eigenvalue weighted by molar-refractivity contribution is -0.150. The smallest absolute Gasteiger partial charge is 0.308 e. The molecule has 3 rings (SSSR count). The zero-order chi connectivity index (χ0) is 26.8. The second kappa shape index (κ2) is 14.6. The number of carbonyl (C=O) groups excluding carboxylic acids is 2. The maximum Gasteiger partial charge on any atom is 0.308 e. The van der Waals surface area contributed by atoms with Gasteiger partial charge in [-0.05, 0) is 71.1 Å². The van der Waals surface area contributed by atoms with E-state index in [4.69, 9.17) is 16.3 Å². The van der Waals surface area contributed by atoms with Crippen molar-refractivity contribution in [2.45, 2.75) is 114 Å². The number of aliphatic hydroxyl groups is 1. The van der Waals surface area contributed by atoms with Gasteiger partial charge < -0.3 is 15.2 Å². The van der Waals surface area contributed by atoms with Crippen LogP contribution in [0.1, 0.15) is 96.8 Å². The lowest BCUT2D eigenvalue weighted by atomic mass is 9.86. The molecule has 0 saturated carbocycles. The van der Waals surface area contributed by atoms with Crippen LogP contribution in [0, 0.1) is 5.92 Å². The zero-order valence-corrected chi connectivity index (χ0v) is 23.2. The van der Waals surface area contributed by atoms with Crippen molar-refractivity contribution in [3.8, 4) is 0 Å². The van der Waals surface area contributed by atoms with Crippen LogP contribution < -0.4 is 5.32 Å². The van der Waals surface area contributed by atoms with Crippen LogP contribution in [0.2, 0.25) is 0 Å². The highest BCUT2D eigenvalue weighted by molar-refractivity contribution is 6.21. The summed E-state index contributed by atoms with van der Waals surface area (Å²) in [7, 11) is 0. The van der Waals surface area contributed by atoms with Crippen molar-refractivity contribution < 1.29 is 19.4 Å². The number of carbonyl (C=O) groups is 2. The summed E-state index contributed by atoms with van der Waals surface area (Å²) in [6.45, 7) is 9.51. The van der Waals surface area contributed by atoms with Crippen molar-refractivity contribution in [3.63, 3.8) is 0 Å². The first-order chi connectivity index (χ1) is 17.7. The Morgan fingerprint density at radius 3 is 2.68 bits per heavy atom. The molecule has 37 heavy (non-hydrogen) atoms. The van der Waals surface area contributed by atoms with Crippen LogP contribution in [0.3, 0.4) is 0 Å². The Bertz CT molecular complexity index is 947. The average Bonchev–Trinajstić information content (AvgIpc) is 3.31. The Kier molecular flexibility index (Phi) is 11.6. The van der Waals surface area contributed by atoms with Crippen LogP contribution in [0.4, 0.5) is 0 Å². The minimum Gasteiger partial charge on any atom is -0.513 e. The molecule has 3 aliphatic carbocycles. The summed E-state index contributed by atoms with van der Waals surface area (Å²) < 4.78 is 5.87. The minimum absolute atomic E-state index is 0.0215. The summed E-state index contributed by atoms with van der Waals surface area (Å²) in [4.78, 5) is 25.4. The standard InChI is InChI=1S/C31H44ClNO4/c1-4-23(25-9-6-10-27(32)18-25)13-11-21(2)17-28(33-30(35)16-12-22(3)34)20-31(36)37-29-15-14-24-7-5-8-26(24)19-29/h4,11,18,23,27-29,34H,1,3,5-10,12-17,19-20H2,2H3,(H,33,35)/b21-11+/t23?,27?,28-,29?/m1/s1. The molecule has 0 aromatic rings. The van der Waals surface area contributed by atoms with Crippen molar-refractivity contribution in [2.24, 2.45) is 5.92 Å². The van der Waals surface area contributed by atoms with Gasteiger partial charge in [0.25, 0.3) is 0 Å². The van der Waals surface area contributed by atoms with Gasteiger partial charge in [0.15, 0.2) is 0 Å². The summed E-state index contributed by atoms with van der Waals surface area (Å²) in [5.41, 5.74) is 5.51. The van der Waals surface area contributed by atoms with Gasteiger partial charge in [-0.2, -0.15) is 0 Å². The molecule has 0 aliphatic heterocycles. The van der Waals surface area contributed by atoms with E-state index >= 15 is 0 Å². The van der Waals surface area contributed by atoms with Gasteiger partial charge in [0.1, 0.15) is 6.10 Å². The number of halogens is 1. The molecule has 204 valence electrons. The van der Waals surface area contributed by atoms with Gasteiger partial charge in [0, 0.05) is 31.2 Å². The fraction of sp³-hybridized carbons (Fsp3) is 0.613. The quantitative estimate of drug-likeness (QED) is 0.112. The van der Waals surface area contributed by atoms with Crippen molar-refractivity contribution in [2.75, 3.05) is 0 Å². The monoisotopic (exact) mass is 529 g/mol. The fourth-order valence-corrected chi connectivity index (χ4v) is 6.12. The summed E-state index contributed by atoms with van der Waals surface area (Å²) in [6, 6.07) is -0.364. The largest absolute Gasteiger partial charge is 0.513 e. The number of aliphatic hydroxyl groups excluding tert-OH is 1. The molecule has 0 aromatic carbocycles. The molecule has 3 aliphatic rings. The van der Waals surface area contributed by atoms with Crippen LogP contribution in [0.15, 0.2) is 59.4 Å². The van der Waals surface area contributed by atoms with Gasteiger partial charge in [-0.25, -0.2) is 0 Å². The second-order valence-corrected chi connectivity index (χ2v) is 11.5. The van der Waals surface area contributed by atoms with E-state index in [1.54, 1.807) is 5.57 Å². The molecule has 0 bridgehead atoms. The molecule has 0 heterocycles.